The second-order valence-electron chi connectivity index (χ2n) is 9.82. The molecule has 2 heterocycles. The van der Waals surface area contributed by atoms with Gasteiger partial charge in [-0.15, -0.1) is 0 Å². The van der Waals surface area contributed by atoms with Crippen LogP contribution in [0.15, 0.2) is 108 Å². The van der Waals surface area contributed by atoms with Crippen LogP contribution in [0.5, 0.6) is 0 Å². The van der Waals surface area contributed by atoms with Crippen LogP contribution in [0, 0.1) is 5.92 Å². The Morgan fingerprint density at radius 2 is 1.50 bits per heavy atom. The number of rotatable bonds is 2. The fraction of sp³-hybridized carbons (Fsp3) is 0.226. The van der Waals surface area contributed by atoms with Crippen LogP contribution in [0.3, 0.4) is 0 Å². The summed E-state index contributed by atoms with van der Waals surface area (Å²) in [5.41, 5.74) is 7.02. The first-order chi connectivity index (χ1) is 16.8. The molecular weight excluding hydrogens is 416 g/mol. The number of hydrogen-bond donors (Lipinski definition) is 0. The lowest BCUT2D eigenvalue weighted by Gasteiger charge is -2.53. The fourth-order valence-electron chi connectivity index (χ4n) is 6.64. The van der Waals surface area contributed by atoms with Crippen LogP contribution in [-0.2, 0) is 0 Å². The summed E-state index contributed by atoms with van der Waals surface area (Å²) in [6.07, 6.45) is 8.79. The van der Waals surface area contributed by atoms with Crippen LogP contribution in [0.4, 0.5) is 0 Å². The van der Waals surface area contributed by atoms with Crippen LogP contribution in [-0.4, -0.2) is 22.1 Å². The highest BCUT2D eigenvalue weighted by molar-refractivity contribution is 6.27. The van der Waals surface area contributed by atoms with E-state index in [9.17, 15) is 4.79 Å². The zero-order valence-corrected chi connectivity index (χ0v) is 19.0. The van der Waals surface area contributed by atoms with E-state index < -0.39 is 0 Å². The second-order valence-corrected chi connectivity index (χ2v) is 9.82. The third-order valence-corrected chi connectivity index (χ3v) is 8.06. The van der Waals surface area contributed by atoms with Gasteiger partial charge in [0.1, 0.15) is 5.66 Å². The van der Waals surface area contributed by atoms with Gasteiger partial charge in [0.25, 0.3) is 0 Å². The van der Waals surface area contributed by atoms with Gasteiger partial charge >= 0.3 is 0 Å². The van der Waals surface area contributed by atoms with Crippen molar-refractivity contribution in [1.82, 2.24) is 4.90 Å². The molecular formula is C31H26N2O. The minimum absolute atomic E-state index is 0.0755. The van der Waals surface area contributed by atoms with Gasteiger partial charge in [-0.3, -0.25) is 9.79 Å². The van der Waals surface area contributed by atoms with E-state index >= 15 is 0 Å². The fourth-order valence-corrected chi connectivity index (χ4v) is 6.64. The molecule has 2 aliphatic heterocycles. The van der Waals surface area contributed by atoms with E-state index in [1.807, 2.05) is 24.3 Å². The van der Waals surface area contributed by atoms with Crippen molar-refractivity contribution in [1.29, 1.82) is 0 Å². The number of carbonyl (C=O) groups is 1. The van der Waals surface area contributed by atoms with Crippen LogP contribution in [0.1, 0.15) is 58.6 Å². The molecule has 1 spiro atoms. The van der Waals surface area contributed by atoms with Gasteiger partial charge in [-0.25, -0.2) is 0 Å². The summed E-state index contributed by atoms with van der Waals surface area (Å²) in [5, 5.41) is 0. The Kier molecular flexibility index (Phi) is 4.29. The number of benzene rings is 3. The Morgan fingerprint density at radius 3 is 2.29 bits per heavy atom. The quantitative estimate of drug-likeness (QED) is 0.448. The van der Waals surface area contributed by atoms with Gasteiger partial charge in [-0.05, 0) is 30.4 Å². The number of aliphatic imine (C=N–C) groups is 1. The first-order valence-corrected chi connectivity index (χ1v) is 12.3. The first-order valence-electron chi connectivity index (χ1n) is 12.3. The molecule has 0 saturated heterocycles. The number of nitrogens with zero attached hydrogens (tertiary/aromatic N) is 2. The molecule has 3 heteroatoms. The van der Waals surface area contributed by atoms with Crippen LogP contribution >= 0.6 is 0 Å². The number of allylic oxidation sites excluding steroid dienone is 3. The van der Waals surface area contributed by atoms with Crippen molar-refractivity contribution in [2.45, 2.75) is 37.3 Å². The molecule has 0 N–H and O–H groups in total. The molecule has 4 aliphatic rings. The second kappa shape index (κ2) is 7.39. The largest absolute Gasteiger partial charge is 0.313 e. The Labute approximate surface area is 200 Å². The predicted octanol–water partition coefficient (Wildman–Crippen LogP) is 6.60. The van der Waals surface area contributed by atoms with Gasteiger partial charge in [0.15, 0.2) is 5.78 Å². The lowest BCUT2D eigenvalue weighted by Crippen LogP contribution is -2.54. The lowest BCUT2D eigenvalue weighted by atomic mass is 9.66. The average Bonchev–Trinajstić information content (AvgIpc) is 3.23. The van der Waals surface area contributed by atoms with Gasteiger partial charge in [-0.1, -0.05) is 97.4 Å². The molecule has 3 atom stereocenters. The third kappa shape index (κ3) is 2.70. The minimum atomic E-state index is -0.364. The summed E-state index contributed by atoms with van der Waals surface area (Å²) < 4.78 is 0. The molecule has 0 unspecified atom stereocenters. The maximum atomic E-state index is 13.2. The zero-order valence-electron chi connectivity index (χ0n) is 19.0. The van der Waals surface area contributed by atoms with Crippen LogP contribution in [0.25, 0.3) is 5.70 Å². The van der Waals surface area contributed by atoms with Gasteiger partial charge in [0.2, 0.25) is 0 Å². The molecule has 34 heavy (non-hydrogen) atoms. The van der Waals surface area contributed by atoms with Crippen LogP contribution < -0.4 is 0 Å². The maximum Gasteiger partial charge on any atom is 0.188 e. The number of fused-ring (bicyclic) bond motifs is 4. The Hall–Kier alpha value is -3.72. The Balaban J connectivity index is 1.51. The maximum absolute atomic E-state index is 13.2. The molecule has 1 saturated carbocycles. The Morgan fingerprint density at radius 1 is 0.794 bits per heavy atom. The van der Waals surface area contributed by atoms with Crippen molar-refractivity contribution in [3.8, 4) is 0 Å². The number of carbonyl (C=O) groups excluding carboxylic acids is 1. The van der Waals surface area contributed by atoms with Crippen molar-refractivity contribution in [3.05, 3.63) is 125 Å². The molecule has 1 fully saturated rings. The Bertz CT molecular complexity index is 1390. The summed E-state index contributed by atoms with van der Waals surface area (Å²) >= 11 is 0. The van der Waals surface area contributed by atoms with E-state index in [-0.39, 0.29) is 17.4 Å². The summed E-state index contributed by atoms with van der Waals surface area (Å²) in [4.78, 5) is 21.2. The number of hydrogen-bond acceptors (Lipinski definition) is 3. The summed E-state index contributed by atoms with van der Waals surface area (Å²) in [6, 6.07) is 29.5. The van der Waals surface area contributed by atoms with Gasteiger partial charge in [0, 0.05) is 34.7 Å². The molecule has 3 nitrogen and oxygen atoms in total. The molecule has 2 aliphatic carbocycles. The van der Waals surface area contributed by atoms with E-state index in [0.717, 1.165) is 41.8 Å². The van der Waals surface area contributed by atoms with Crippen LogP contribution in [0.2, 0.25) is 0 Å². The lowest BCUT2D eigenvalue weighted by molar-refractivity contribution is 0.0683. The van der Waals surface area contributed by atoms with Crippen molar-refractivity contribution in [3.63, 3.8) is 0 Å². The van der Waals surface area contributed by atoms with Crippen molar-refractivity contribution < 1.29 is 4.79 Å². The monoisotopic (exact) mass is 442 g/mol. The number of ketones is 1. The normalized spacial score (nSPS) is 27.0. The average molecular weight is 443 g/mol. The molecule has 0 radical (unpaired) electrons. The molecule has 0 amide bonds. The van der Waals surface area contributed by atoms with Crippen molar-refractivity contribution in [2.75, 3.05) is 0 Å². The van der Waals surface area contributed by atoms with E-state index in [1.165, 1.54) is 23.2 Å². The predicted molar refractivity (Wildman–Crippen MR) is 136 cm³/mol. The first kappa shape index (κ1) is 19.7. The topological polar surface area (TPSA) is 32.7 Å². The molecule has 7 rings (SSSR count). The van der Waals surface area contributed by atoms with E-state index in [1.54, 1.807) is 0 Å². The highest BCUT2D eigenvalue weighted by atomic mass is 16.1. The molecule has 0 aromatic heterocycles. The highest BCUT2D eigenvalue weighted by Gasteiger charge is 2.57. The standard InChI is InChI=1S/C31H26N2O/c34-29-20-28-30(24-16-8-7-15-23(24)29)32-31-18-10-9-17-26(31)25(21-11-3-1-4-12-21)19-27(33(28)31)22-13-5-2-6-14-22/h1-8,11-16,19-20,25-26H,9-10,17-18H2/t25-,26+,31+/m1/s1. The minimum Gasteiger partial charge on any atom is -0.313 e. The molecule has 0 bridgehead atoms. The third-order valence-electron chi connectivity index (χ3n) is 8.06. The summed E-state index contributed by atoms with van der Waals surface area (Å²) in [7, 11) is 0. The zero-order chi connectivity index (χ0) is 22.7. The summed E-state index contributed by atoms with van der Waals surface area (Å²) in [5.74, 6) is 0.716. The smallest absolute Gasteiger partial charge is 0.188 e. The van der Waals surface area contributed by atoms with E-state index in [2.05, 4.69) is 77.7 Å². The SMILES string of the molecule is O=C1C=C2C(=N[C@]34CCCC[C@H]3[C@@H](c3ccccc3)C=C(c3ccccc3)N24)c2ccccc21. The van der Waals surface area contributed by atoms with Gasteiger partial charge in [0.05, 0.1) is 11.4 Å². The highest BCUT2D eigenvalue weighted by Crippen LogP contribution is 2.58. The van der Waals surface area contributed by atoms with E-state index in [0.29, 0.717) is 5.92 Å². The van der Waals surface area contributed by atoms with Gasteiger partial charge < -0.3 is 4.90 Å². The van der Waals surface area contributed by atoms with Crippen molar-refractivity contribution >= 4 is 17.2 Å². The molecule has 3 aromatic rings. The van der Waals surface area contributed by atoms with Crippen molar-refractivity contribution in [2.24, 2.45) is 10.9 Å². The van der Waals surface area contributed by atoms with E-state index in [4.69, 9.17) is 4.99 Å². The van der Waals surface area contributed by atoms with Gasteiger partial charge in [-0.2, -0.15) is 0 Å². The molecule has 3 aromatic carbocycles. The molecule has 166 valence electrons. The summed E-state index contributed by atoms with van der Waals surface area (Å²) in [6.45, 7) is 0.